The monoisotopic (exact) mass is 211 g/mol. The van der Waals surface area contributed by atoms with Crippen molar-refractivity contribution in [2.24, 2.45) is 5.92 Å². The van der Waals surface area contributed by atoms with Gasteiger partial charge in [0.2, 0.25) is 5.91 Å². The summed E-state index contributed by atoms with van der Waals surface area (Å²) in [5, 5.41) is 10.3. The summed E-state index contributed by atoms with van der Waals surface area (Å²) in [6.07, 6.45) is 5.50. The third kappa shape index (κ3) is 2.33. The van der Waals surface area contributed by atoms with Gasteiger partial charge in [-0.05, 0) is 38.0 Å². The second-order valence-electron chi connectivity index (χ2n) is 5.01. The maximum Gasteiger partial charge on any atom is 0.222 e. The van der Waals surface area contributed by atoms with Crippen molar-refractivity contribution in [1.82, 2.24) is 4.90 Å². The van der Waals surface area contributed by atoms with Crippen molar-refractivity contribution in [2.75, 3.05) is 13.1 Å². The number of hydrogen-bond acceptors (Lipinski definition) is 2. The largest absolute Gasteiger partial charge is 0.389 e. The lowest BCUT2D eigenvalue weighted by molar-refractivity contribution is -0.136. The van der Waals surface area contributed by atoms with Gasteiger partial charge in [-0.25, -0.2) is 0 Å². The molecule has 1 N–H and O–H groups in total. The molecule has 1 saturated heterocycles. The molecule has 0 spiro atoms. The van der Waals surface area contributed by atoms with Crippen molar-refractivity contribution in [3.05, 3.63) is 0 Å². The lowest BCUT2D eigenvalue weighted by Crippen LogP contribution is -2.47. The number of carbonyl (C=O) groups excluding carboxylic acids is 1. The van der Waals surface area contributed by atoms with E-state index in [1.807, 2.05) is 11.8 Å². The minimum absolute atomic E-state index is 0.260. The number of nitrogens with zero attached hydrogens (tertiary/aromatic N) is 1. The summed E-state index contributed by atoms with van der Waals surface area (Å²) >= 11 is 0. The number of likely N-dealkylation sites (tertiary alicyclic amines) is 1. The highest BCUT2D eigenvalue weighted by Crippen LogP contribution is 2.44. The van der Waals surface area contributed by atoms with Gasteiger partial charge >= 0.3 is 0 Å². The fourth-order valence-electron chi connectivity index (χ4n) is 2.54. The highest BCUT2D eigenvalue weighted by molar-refractivity contribution is 5.76. The molecule has 0 bridgehead atoms. The Morgan fingerprint density at radius 1 is 1.40 bits per heavy atom. The highest BCUT2D eigenvalue weighted by atomic mass is 16.3. The van der Waals surface area contributed by atoms with Crippen LogP contribution in [0.5, 0.6) is 0 Å². The van der Waals surface area contributed by atoms with Gasteiger partial charge in [0.1, 0.15) is 0 Å². The standard InChI is InChI=1S/C12H21NO2/c1-2-3-11(14)13-8-6-12(15,7-9-13)10-4-5-10/h10,15H,2-9H2,1H3. The van der Waals surface area contributed by atoms with E-state index in [0.29, 0.717) is 12.3 Å². The molecule has 2 aliphatic rings. The molecule has 0 aromatic rings. The number of hydrogen-bond donors (Lipinski definition) is 1. The first kappa shape index (κ1) is 10.9. The zero-order valence-corrected chi connectivity index (χ0v) is 9.54. The lowest BCUT2D eigenvalue weighted by Gasteiger charge is -2.38. The fraction of sp³-hybridized carbons (Fsp3) is 0.917. The molecule has 1 aliphatic carbocycles. The zero-order chi connectivity index (χ0) is 10.9. The van der Waals surface area contributed by atoms with E-state index in [9.17, 15) is 9.90 Å². The molecule has 86 valence electrons. The number of piperidine rings is 1. The Labute approximate surface area is 91.5 Å². The summed E-state index contributed by atoms with van der Waals surface area (Å²) in [4.78, 5) is 13.6. The first-order chi connectivity index (χ1) is 7.15. The van der Waals surface area contributed by atoms with Crippen LogP contribution in [0.25, 0.3) is 0 Å². The SMILES string of the molecule is CCCC(=O)N1CCC(O)(C2CC2)CC1. The fourth-order valence-corrected chi connectivity index (χ4v) is 2.54. The van der Waals surface area contributed by atoms with Crippen molar-refractivity contribution in [3.8, 4) is 0 Å². The molecule has 15 heavy (non-hydrogen) atoms. The van der Waals surface area contributed by atoms with E-state index in [1.165, 1.54) is 12.8 Å². The van der Waals surface area contributed by atoms with E-state index >= 15 is 0 Å². The molecule has 0 aromatic heterocycles. The van der Waals surface area contributed by atoms with Gasteiger partial charge in [0.25, 0.3) is 0 Å². The topological polar surface area (TPSA) is 40.5 Å². The highest BCUT2D eigenvalue weighted by Gasteiger charge is 2.45. The molecule has 3 heteroatoms. The maximum absolute atomic E-state index is 11.6. The summed E-state index contributed by atoms with van der Waals surface area (Å²) < 4.78 is 0. The van der Waals surface area contributed by atoms with Gasteiger partial charge in [-0.3, -0.25) is 4.79 Å². The molecule has 0 radical (unpaired) electrons. The molecule has 0 aromatic carbocycles. The van der Waals surface area contributed by atoms with E-state index in [0.717, 1.165) is 32.4 Å². The zero-order valence-electron chi connectivity index (χ0n) is 9.54. The average Bonchev–Trinajstić information content (AvgIpc) is 3.02. The van der Waals surface area contributed by atoms with Gasteiger partial charge in [-0.2, -0.15) is 0 Å². The van der Waals surface area contributed by atoms with Crippen molar-refractivity contribution in [3.63, 3.8) is 0 Å². The van der Waals surface area contributed by atoms with Gasteiger partial charge in [-0.1, -0.05) is 6.92 Å². The second-order valence-corrected chi connectivity index (χ2v) is 5.01. The molecule has 1 amide bonds. The van der Waals surface area contributed by atoms with Crippen LogP contribution in [0.4, 0.5) is 0 Å². The Morgan fingerprint density at radius 3 is 2.47 bits per heavy atom. The summed E-state index contributed by atoms with van der Waals surface area (Å²) in [5.41, 5.74) is -0.441. The van der Waals surface area contributed by atoms with Gasteiger partial charge in [0.05, 0.1) is 5.60 Å². The third-order valence-electron chi connectivity index (χ3n) is 3.78. The van der Waals surface area contributed by atoms with Crippen LogP contribution >= 0.6 is 0 Å². The third-order valence-corrected chi connectivity index (χ3v) is 3.78. The Morgan fingerprint density at radius 2 is 2.00 bits per heavy atom. The molecule has 2 fully saturated rings. The first-order valence-electron chi connectivity index (χ1n) is 6.16. The molecule has 3 nitrogen and oxygen atoms in total. The number of amides is 1. The molecule has 2 rings (SSSR count). The summed E-state index contributed by atoms with van der Waals surface area (Å²) in [5.74, 6) is 0.788. The lowest BCUT2D eigenvalue weighted by atomic mass is 9.86. The van der Waals surface area contributed by atoms with Crippen molar-refractivity contribution in [1.29, 1.82) is 0 Å². The van der Waals surface area contributed by atoms with Crippen molar-refractivity contribution < 1.29 is 9.90 Å². The Balaban J connectivity index is 1.83. The Bertz CT molecular complexity index is 240. The molecular formula is C12H21NO2. The maximum atomic E-state index is 11.6. The van der Waals surface area contributed by atoms with Gasteiger partial charge in [0.15, 0.2) is 0 Å². The molecule has 1 heterocycles. The van der Waals surface area contributed by atoms with E-state index < -0.39 is 5.60 Å². The van der Waals surface area contributed by atoms with Crippen LogP contribution < -0.4 is 0 Å². The first-order valence-corrected chi connectivity index (χ1v) is 6.16. The quantitative estimate of drug-likeness (QED) is 0.769. The average molecular weight is 211 g/mol. The van der Waals surface area contributed by atoms with Gasteiger partial charge < -0.3 is 10.0 Å². The Kier molecular flexibility index (Phi) is 3.01. The van der Waals surface area contributed by atoms with Crippen LogP contribution in [-0.4, -0.2) is 34.6 Å². The molecule has 0 atom stereocenters. The van der Waals surface area contributed by atoms with E-state index in [2.05, 4.69) is 0 Å². The van der Waals surface area contributed by atoms with Crippen molar-refractivity contribution in [2.45, 2.75) is 51.0 Å². The minimum atomic E-state index is -0.441. The van der Waals surface area contributed by atoms with Gasteiger partial charge in [0, 0.05) is 19.5 Å². The van der Waals surface area contributed by atoms with Crippen LogP contribution in [0.2, 0.25) is 0 Å². The number of rotatable bonds is 3. The van der Waals surface area contributed by atoms with Crippen LogP contribution in [0.15, 0.2) is 0 Å². The molecule has 1 saturated carbocycles. The van der Waals surface area contributed by atoms with E-state index in [1.54, 1.807) is 0 Å². The van der Waals surface area contributed by atoms with Crippen LogP contribution in [0.3, 0.4) is 0 Å². The van der Waals surface area contributed by atoms with Crippen LogP contribution in [0.1, 0.15) is 45.4 Å². The van der Waals surface area contributed by atoms with E-state index in [4.69, 9.17) is 0 Å². The minimum Gasteiger partial charge on any atom is -0.389 e. The normalized spacial score (nSPS) is 25.3. The number of carbonyl (C=O) groups is 1. The number of aliphatic hydroxyl groups is 1. The Hall–Kier alpha value is -0.570. The van der Waals surface area contributed by atoms with Crippen LogP contribution in [0, 0.1) is 5.92 Å². The summed E-state index contributed by atoms with van der Waals surface area (Å²) in [6.45, 7) is 3.54. The second kappa shape index (κ2) is 4.12. The molecular weight excluding hydrogens is 190 g/mol. The van der Waals surface area contributed by atoms with Gasteiger partial charge in [-0.15, -0.1) is 0 Å². The molecule has 0 unspecified atom stereocenters. The van der Waals surface area contributed by atoms with Crippen LogP contribution in [-0.2, 0) is 4.79 Å². The predicted octanol–water partition coefficient (Wildman–Crippen LogP) is 1.55. The van der Waals surface area contributed by atoms with E-state index in [-0.39, 0.29) is 5.91 Å². The predicted molar refractivity (Wildman–Crippen MR) is 58.4 cm³/mol. The molecule has 1 aliphatic heterocycles. The smallest absolute Gasteiger partial charge is 0.222 e. The van der Waals surface area contributed by atoms with Crippen molar-refractivity contribution >= 4 is 5.91 Å². The summed E-state index contributed by atoms with van der Waals surface area (Å²) in [6, 6.07) is 0. The summed E-state index contributed by atoms with van der Waals surface area (Å²) in [7, 11) is 0.